The third kappa shape index (κ3) is 3.62. The van der Waals surface area contributed by atoms with Crippen molar-refractivity contribution >= 4 is 32.5 Å². The largest absolute Gasteiger partial charge is 0.493 e. The van der Waals surface area contributed by atoms with Crippen molar-refractivity contribution in [1.82, 2.24) is 0 Å². The summed E-state index contributed by atoms with van der Waals surface area (Å²) >= 11 is 0. The number of hydrogen-bond acceptors (Lipinski definition) is 5. The zero-order valence-electron chi connectivity index (χ0n) is 16.6. The van der Waals surface area contributed by atoms with Crippen LogP contribution >= 0.6 is 0 Å². The Morgan fingerprint density at radius 3 is 2.72 bits per heavy atom. The first-order valence-electron chi connectivity index (χ1n) is 9.61. The number of sulfonamides is 1. The van der Waals surface area contributed by atoms with E-state index in [2.05, 4.69) is 0 Å². The fourth-order valence-electron chi connectivity index (χ4n) is 3.82. The van der Waals surface area contributed by atoms with Gasteiger partial charge in [-0.05, 0) is 61.7 Å². The van der Waals surface area contributed by atoms with E-state index >= 15 is 0 Å². The Morgan fingerprint density at radius 1 is 1.21 bits per heavy atom. The predicted molar refractivity (Wildman–Crippen MR) is 112 cm³/mol. The number of furan rings is 1. The molecule has 0 saturated heterocycles. The molecular weight excluding hydrogens is 390 g/mol. The molecule has 29 heavy (non-hydrogen) atoms. The molecule has 0 unspecified atom stereocenters. The molecule has 0 aliphatic carbocycles. The molecule has 0 spiro atoms. The highest BCUT2D eigenvalue weighted by atomic mass is 32.2. The van der Waals surface area contributed by atoms with Crippen molar-refractivity contribution in [3.8, 4) is 5.75 Å². The number of fused-ring (bicyclic) bond motifs is 2. The Morgan fingerprint density at radius 2 is 2.00 bits per heavy atom. The van der Waals surface area contributed by atoms with Crippen LogP contribution in [0.15, 0.2) is 46.9 Å². The lowest BCUT2D eigenvalue weighted by atomic mass is 10.0. The van der Waals surface area contributed by atoms with Gasteiger partial charge in [0.2, 0.25) is 15.8 Å². The molecule has 1 aliphatic rings. The standard InChI is InChI=1S/C22H23NO5S/c1-4-9-27-18-7-5-15-12-21(28-20(15)13-18)22(24)16-6-8-19-17(11-16)10-14(2)23(19)29(3,25)26/h5-8,11-14H,4,9-10H2,1-3H3/t14-/m1/s1. The Kier molecular flexibility index (Phi) is 4.86. The van der Waals surface area contributed by atoms with Gasteiger partial charge in [-0.15, -0.1) is 0 Å². The van der Waals surface area contributed by atoms with E-state index in [4.69, 9.17) is 9.15 Å². The Bertz CT molecular complexity index is 1200. The molecule has 152 valence electrons. The number of nitrogens with zero attached hydrogens (tertiary/aromatic N) is 1. The van der Waals surface area contributed by atoms with Crippen molar-refractivity contribution in [2.45, 2.75) is 32.7 Å². The summed E-state index contributed by atoms with van der Waals surface area (Å²) in [5, 5.41) is 0.829. The summed E-state index contributed by atoms with van der Waals surface area (Å²) in [6.07, 6.45) is 2.68. The van der Waals surface area contributed by atoms with E-state index in [1.54, 1.807) is 30.3 Å². The van der Waals surface area contributed by atoms with Gasteiger partial charge in [0.05, 0.1) is 18.6 Å². The van der Waals surface area contributed by atoms with E-state index in [0.29, 0.717) is 35.6 Å². The van der Waals surface area contributed by atoms with Crippen LogP contribution in [0.1, 0.15) is 41.9 Å². The lowest BCUT2D eigenvalue weighted by Gasteiger charge is -2.21. The third-order valence-corrected chi connectivity index (χ3v) is 6.31. The van der Waals surface area contributed by atoms with Crippen LogP contribution in [0, 0.1) is 0 Å². The molecule has 1 aromatic heterocycles. The average molecular weight is 413 g/mol. The molecule has 2 heterocycles. The van der Waals surface area contributed by atoms with Crippen molar-refractivity contribution in [3.05, 3.63) is 59.4 Å². The molecule has 0 bridgehead atoms. The van der Waals surface area contributed by atoms with E-state index in [0.717, 1.165) is 17.4 Å². The first kappa shape index (κ1) is 19.5. The molecule has 0 fully saturated rings. The van der Waals surface area contributed by atoms with Gasteiger partial charge in [-0.1, -0.05) is 6.92 Å². The van der Waals surface area contributed by atoms with Crippen LogP contribution < -0.4 is 9.04 Å². The molecular formula is C22H23NO5S. The van der Waals surface area contributed by atoms with Gasteiger partial charge < -0.3 is 9.15 Å². The summed E-state index contributed by atoms with van der Waals surface area (Å²) < 4.78 is 37.0. The van der Waals surface area contributed by atoms with Crippen LogP contribution in [0.2, 0.25) is 0 Å². The number of carbonyl (C=O) groups is 1. The summed E-state index contributed by atoms with van der Waals surface area (Å²) in [5.41, 5.74) is 2.56. The van der Waals surface area contributed by atoms with E-state index in [9.17, 15) is 13.2 Å². The van der Waals surface area contributed by atoms with Crippen LogP contribution in [-0.2, 0) is 16.4 Å². The highest BCUT2D eigenvalue weighted by molar-refractivity contribution is 7.92. The molecule has 0 amide bonds. The first-order valence-corrected chi connectivity index (χ1v) is 11.5. The molecule has 3 aromatic rings. The minimum atomic E-state index is -3.36. The summed E-state index contributed by atoms with van der Waals surface area (Å²) in [4.78, 5) is 13.0. The molecule has 4 rings (SSSR count). The van der Waals surface area contributed by atoms with Crippen LogP contribution in [0.25, 0.3) is 11.0 Å². The highest BCUT2D eigenvalue weighted by Gasteiger charge is 2.33. The van der Waals surface area contributed by atoms with Gasteiger partial charge in [-0.25, -0.2) is 8.42 Å². The maximum atomic E-state index is 13.0. The van der Waals surface area contributed by atoms with Crippen molar-refractivity contribution in [2.75, 3.05) is 17.2 Å². The molecule has 7 heteroatoms. The molecule has 1 aliphatic heterocycles. The smallest absolute Gasteiger partial charge is 0.232 e. The number of hydrogen-bond donors (Lipinski definition) is 0. The first-order chi connectivity index (χ1) is 13.8. The number of benzene rings is 2. The number of ketones is 1. The number of ether oxygens (including phenoxy) is 1. The summed E-state index contributed by atoms with van der Waals surface area (Å²) in [6, 6.07) is 12.2. The number of anilines is 1. The fourth-order valence-corrected chi connectivity index (χ4v) is 5.09. The maximum absolute atomic E-state index is 13.0. The second kappa shape index (κ2) is 7.22. The highest BCUT2D eigenvalue weighted by Crippen LogP contribution is 2.35. The molecule has 0 radical (unpaired) electrons. The lowest BCUT2D eigenvalue weighted by molar-refractivity contribution is 0.101. The molecule has 2 aromatic carbocycles. The van der Waals surface area contributed by atoms with Crippen molar-refractivity contribution in [1.29, 1.82) is 0 Å². The summed E-state index contributed by atoms with van der Waals surface area (Å²) in [6.45, 7) is 4.52. The van der Waals surface area contributed by atoms with Crippen LogP contribution in [0.5, 0.6) is 5.75 Å². The van der Waals surface area contributed by atoms with Crippen molar-refractivity contribution in [2.24, 2.45) is 0 Å². The van der Waals surface area contributed by atoms with Gasteiger partial charge in [-0.3, -0.25) is 9.10 Å². The normalized spacial score (nSPS) is 16.2. The van der Waals surface area contributed by atoms with Crippen molar-refractivity contribution < 1.29 is 22.4 Å². The molecule has 0 saturated carbocycles. The van der Waals surface area contributed by atoms with E-state index in [-0.39, 0.29) is 17.6 Å². The van der Waals surface area contributed by atoms with E-state index < -0.39 is 10.0 Å². The molecule has 0 N–H and O–H groups in total. The second-order valence-corrected chi connectivity index (χ2v) is 9.30. The third-order valence-electron chi connectivity index (χ3n) is 5.04. The van der Waals surface area contributed by atoms with Crippen LogP contribution in [0.3, 0.4) is 0 Å². The van der Waals surface area contributed by atoms with E-state index in [1.807, 2.05) is 26.0 Å². The average Bonchev–Trinajstić information content (AvgIpc) is 3.24. The van der Waals surface area contributed by atoms with Gasteiger partial charge in [0, 0.05) is 23.1 Å². The predicted octanol–water partition coefficient (Wildman–Crippen LogP) is 4.16. The monoisotopic (exact) mass is 413 g/mol. The van der Waals surface area contributed by atoms with Crippen molar-refractivity contribution in [3.63, 3.8) is 0 Å². The zero-order chi connectivity index (χ0) is 20.8. The van der Waals surface area contributed by atoms with Gasteiger partial charge in [0.1, 0.15) is 11.3 Å². The second-order valence-electron chi connectivity index (χ2n) is 7.44. The van der Waals surface area contributed by atoms with Gasteiger partial charge in [0.15, 0.2) is 5.76 Å². The Hall–Kier alpha value is -2.80. The van der Waals surface area contributed by atoms with E-state index in [1.165, 1.54) is 10.6 Å². The van der Waals surface area contributed by atoms with Gasteiger partial charge in [0.25, 0.3) is 0 Å². The van der Waals surface area contributed by atoms with Gasteiger partial charge in [-0.2, -0.15) is 0 Å². The number of rotatable bonds is 6. The maximum Gasteiger partial charge on any atom is 0.232 e. The molecule has 6 nitrogen and oxygen atoms in total. The fraction of sp³-hybridized carbons (Fsp3) is 0.318. The minimum absolute atomic E-state index is 0.168. The quantitative estimate of drug-likeness (QED) is 0.567. The number of carbonyl (C=O) groups excluding carboxylic acids is 1. The van der Waals surface area contributed by atoms with Gasteiger partial charge >= 0.3 is 0 Å². The minimum Gasteiger partial charge on any atom is -0.493 e. The summed E-state index contributed by atoms with van der Waals surface area (Å²) in [7, 11) is -3.36. The molecule has 1 atom stereocenters. The SMILES string of the molecule is CCCOc1ccc2cc(C(=O)c3ccc4c(c3)C[C@@H](C)N4S(C)(=O)=O)oc2c1. The lowest BCUT2D eigenvalue weighted by Crippen LogP contribution is -2.34. The topological polar surface area (TPSA) is 76.8 Å². The van der Waals surface area contributed by atoms with Crippen LogP contribution in [-0.4, -0.2) is 33.1 Å². The Labute approximate surface area is 170 Å². The Balaban J connectivity index is 1.64. The summed E-state index contributed by atoms with van der Waals surface area (Å²) in [5.74, 6) is 0.726. The van der Waals surface area contributed by atoms with Crippen LogP contribution in [0.4, 0.5) is 5.69 Å². The zero-order valence-corrected chi connectivity index (χ0v) is 17.5.